The maximum Gasteiger partial charge on any atom is 0.318 e. The van der Waals surface area contributed by atoms with Crippen LogP contribution in [0.15, 0.2) is 0 Å². The lowest BCUT2D eigenvalue weighted by Crippen LogP contribution is -1.96. The molecule has 5 nitrogen and oxygen atoms in total. The van der Waals surface area contributed by atoms with Crippen LogP contribution in [0.1, 0.15) is 6.42 Å². The van der Waals surface area contributed by atoms with Crippen LogP contribution in [0.25, 0.3) is 0 Å². The second kappa shape index (κ2) is 5.34. The Morgan fingerprint density at radius 1 is 1.58 bits per heavy atom. The van der Waals surface area contributed by atoms with Gasteiger partial charge in [-0.15, -0.1) is 11.6 Å². The van der Waals surface area contributed by atoms with Crippen molar-refractivity contribution in [2.24, 2.45) is 0 Å². The summed E-state index contributed by atoms with van der Waals surface area (Å²) in [5.74, 6) is -1.08. The molecule has 0 spiro atoms. The first-order valence-electron chi connectivity index (χ1n) is 3.13. The smallest absolute Gasteiger partial charge is 0.318 e. The van der Waals surface area contributed by atoms with Crippen LogP contribution in [0.5, 0.6) is 0 Å². The third-order valence-corrected chi connectivity index (χ3v) is 2.46. The molecule has 0 aromatic carbocycles. The molecular formula is C5H9ClO5S. The van der Waals surface area contributed by atoms with Gasteiger partial charge in [0.2, 0.25) is 0 Å². The van der Waals surface area contributed by atoms with Gasteiger partial charge in [0, 0.05) is 0 Å². The average molecular weight is 217 g/mol. The topological polar surface area (TPSA) is 80.7 Å². The van der Waals surface area contributed by atoms with Crippen LogP contribution in [0.3, 0.4) is 0 Å². The largest absolute Gasteiger partial charge is 0.480 e. The van der Waals surface area contributed by atoms with E-state index >= 15 is 0 Å². The first-order valence-corrected chi connectivity index (χ1v) is 5.24. The van der Waals surface area contributed by atoms with Gasteiger partial charge in [-0.25, -0.2) is 0 Å². The minimum Gasteiger partial charge on any atom is -0.480 e. The van der Waals surface area contributed by atoms with Crippen LogP contribution in [-0.4, -0.2) is 37.7 Å². The van der Waals surface area contributed by atoms with Crippen molar-refractivity contribution in [2.75, 3.05) is 18.2 Å². The highest BCUT2D eigenvalue weighted by Gasteiger charge is 2.16. The molecule has 0 bridgehead atoms. The molecule has 1 saturated heterocycles. The summed E-state index contributed by atoms with van der Waals surface area (Å²) in [5.41, 5.74) is 0. The predicted octanol–water partition coefficient (Wildman–Crippen LogP) is 0.0463. The van der Waals surface area contributed by atoms with Crippen molar-refractivity contribution in [3.05, 3.63) is 0 Å². The first kappa shape index (κ1) is 11.7. The van der Waals surface area contributed by atoms with Crippen molar-refractivity contribution in [1.29, 1.82) is 0 Å². The summed E-state index contributed by atoms with van der Waals surface area (Å²) < 4.78 is 24.7. The number of halogens is 1. The van der Waals surface area contributed by atoms with Crippen LogP contribution in [0, 0.1) is 0 Å². The van der Waals surface area contributed by atoms with E-state index in [0.29, 0.717) is 13.0 Å². The van der Waals surface area contributed by atoms with Crippen molar-refractivity contribution in [1.82, 2.24) is 0 Å². The van der Waals surface area contributed by atoms with E-state index in [4.69, 9.17) is 16.7 Å². The van der Waals surface area contributed by atoms with E-state index in [9.17, 15) is 13.2 Å². The van der Waals surface area contributed by atoms with Gasteiger partial charge >= 0.3 is 5.97 Å². The number of rotatable bonds is 1. The van der Waals surface area contributed by atoms with E-state index < -0.39 is 16.1 Å². The fourth-order valence-electron chi connectivity index (χ4n) is 0.481. The fraction of sp³-hybridized carbons (Fsp3) is 0.800. The Labute approximate surface area is 75.4 Å². The molecule has 1 rings (SSSR count). The number of carboxylic acid groups (broad SMARTS) is 1. The zero-order valence-electron chi connectivity index (χ0n) is 6.19. The van der Waals surface area contributed by atoms with Gasteiger partial charge in [-0.05, 0) is 6.42 Å². The monoisotopic (exact) mass is 216 g/mol. The summed E-state index contributed by atoms with van der Waals surface area (Å²) in [6.45, 7) is 0.377. The van der Waals surface area contributed by atoms with Crippen molar-refractivity contribution in [3.8, 4) is 0 Å². The van der Waals surface area contributed by atoms with Crippen LogP contribution >= 0.6 is 11.6 Å². The van der Waals surface area contributed by atoms with E-state index in [1.54, 1.807) is 0 Å². The van der Waals surface area contributed by atoms with Crippen LogP contribution < -0.4 is 0 Å². The lowest BCUT2D eigenvalue weighted by molar-refractivity contribution is -0.134. The molecule has 0 aliphatic carbocycles. The van der Waals surface area contributed by atoms with Gasteiger partial charge in [0.1, 0.15) is 5.88 Å². The molecular weight excluding hydrogens is 208 g/mol. The average Bonchev–Trinajstić information content (AvgIpc) is 2.35. The van der Waals surface area contributed by atoms with Gasteiger partial charge in [-0.2, -0.15) is 8.42 Å². The first-order chi connectivity index (χ1) is 5.48. The summed E-state index contributed by atoms with van der Waals surface area (Å²) in [6, 6.07) is 0. The lowest BCUT2D eigenvalue weighted by atomic mass is 10.5. The second-order valence-corrected chi connectivity index (χ2v) is 3.99. The summed E-state index contributed by atoms with van der Waals surface area (Å²) >= 11 is 4.74. The minimum atomic E-state index is -3.05. The molecule has 1 aliphatic heterocycles. The Balaban J connectivity index is 0.000000217. The highest BCUT2D eigenvalue weighted by molar-refractivity contribution is 7.86. The number of alkyl halides is 1. The number of hydrogen-bond donors (Lipinski definition) is 1. The highest BCUT2D eigenvalue weighted by atomic mass is 35.5. The predicted molar refractivity (Wildman–Crippen MR) is 42.7 cm³/mol. The van der Waals surface area contributed by atoms with Crippen LogP contribution in [0.4, 0.5) is 0 Å². The lowest BCUT2D eigenvalue weighted by Gasteiger charge is -1.83. The number of hydrogen-bond acceptors (Lipinski definition) is 4. The van der Waals surface area contributed by atoms with E-state index in [1.165, 1.54) is 0 Å². The zero-order valence-corrected chi connectivity index (χ0v) is 7.77. The molecule has 7 heteroatoms. The standard InChI is InChI=1S/C3H6O3S.C2H3ClO2/c4-7(5)3-1-2-6-7;3-1-2(4)5/h1-3H2;1H2,(H,4,5). The molecule has 12 heavy (non-hydrogen) atoms. The SMILES string of the molecule is O=C(O)CCl.O=S1(=O)CCCO1. The third kappa shape index (κ3) is 6.38. The Hall–Kier alpha value is -0.330. The summed E-state index contributed by atoms with van der Waals surface area (Å²) in [4.78, 5) is 9.24. The Bertz CT molecular complexity index is 222. The maximum absolute atomic E-state index is 10.2. The van der Waals surface area contributed by atoms with Crippen LogP contribution in [0.2, 0.25) is 0 Å². The van der Waals surface area contributed by atoms with Crippen molar-refractivity contribution < 1.29 is 22.5 Å². The Morgan fingerprint density at radius 2 is 2.08 bits per heavy atom. The zero-order chi connectivity index (χ0) is 9.61. The molecule has 1 N–H and O–H groups in total. The van der Waals surface area contributed by atoms with Gasteiger partial charge in [-0.3, -0.25) is 8.98 Å². The molecule has 0 aromatic heterocycles. The van der Waals surface area contributed by atoms with Gasteiger partial charge in [0.25, 0.3) is 10.1 Å². The third-order valence-electron chi connectivity index (χ3n) is 0.916. The van der Waals surface area contributed by atoms with E-state index in [1.807, 2.05) is 0 Å². The number of aliphatic carboxylic acids is 1. The van der Waals surface area contributed by atoms with Crippen LogP contribution in [-0.2, 0) is 19.1 Å². The van der Waals surface area contributed by atoms with Gasteiger partial charge in [-0.1, -0.05) is 0 Å². The molecule has 0 amide bonds. The Kier molecular flexibility index (Phi) is 5.19. The second-order valence-electron chi connectivity index (χ2n) is 1.96. The van der Waals surface area contributed by atoms with E-state index in [0.717, 1.165) is 0 Å². The molecule has 0 radical (unpaired) electrons. The van der Waals surface area contributed by atoms with Gasteiger partial charge in [0.05, 0.1) is 12.4 Å². The van der Waals surface area contributed by atoms with Crippen molar-refractivity contribution in [2.45, 2.75) is 6.42 Å². The van der Waals surface area contributed by atoms with Crippen molar-refractivity contribution in [3.63, 3.8) is 0 Å². The van der Waals surface area contributed by atoms with Gasteiger partial charge < -0.3 is 5.11 Å². The van der Waals surface area contributed by atoms with E-state index in [-0.39, 0.29) is 11.6 Å². The minimum absolute atomic E-state index is 0.201. The Morgan fingerprint density at radius 3 is 2.17 bits per heavy atom. The molecule has 1 aliphatic rings. The van der Waals surface area contributed by atoms with E-state index in [2.05, 4.69) is 4.18 Å². The molecule has 1 heterocycles. The van der Waals surface area contributed by atoms with Crippen molar-refractivity contribution >= 4 is 27.7 Å². The molecule has 0 atom stereocenters. The molecule has 0 unspecified atom stereocenters. The molecule has 72 valence electrons. The summed E-state index contributed by atoms with van der Waals surface area (Å²) in [7, 11) is -3.05. The highest BCUT2D eigenvalue weighted by Crippen LogP contribution is 2.04. The quantitative estimate of drug-likeness (QED) is 0.495. The molecule has 0 saturated carbocycles. The normalized spacial score (nSPS) is 19.4. The number of carboxylic acids is 1. The summed E-state index contributed by atoms with van der Waals surface area (Å²) in [5, 5.41) is 7.59. The summed E-state index contributed by atoms with van der Waals surface area (Å²) in [6.07, 6.45) is 0.655. The molecule has 0 aromatic rings. The number of carbonyl (C=O) groups is 1. The molecule has 1 fully saturated rings. The fourth-order valence-corrected chi connectivity index (χ4v) is 1.44. The maximum atomic E-state index is 10.2. The van der Waals surface area contributed by atoms with Gasteiger partial charge in [0.15, 0.2) is 0 Å².